The fraction of sp³-hybridized carbons (Fsp3) is 0.333. The highest BCUT2D eigenvalue weighted by Crippen LogP contribution is 2.16. The molecule has 6 heteroatoms. The summed E-state index contributed by atoms with van der Waals surface area (Å²) in [6.45, 7) is 1.47. The van der Waals surface area contributed by atoms with E-state index in [2.05, 4.69) is 21.2 Å². The van der Waals surface area contributed by atoms with Crippen molar-refractivity contribution in [1.82, 2.24) is 5.32 Å². The molecule has 0 heterocycles. The van der Waals surface area contributed by atoms with Crippen LogP contribution in [0.3, 0.4) is 0 Å². The molecule has 0 aliphatic carbocycles. The molecule has 1 aromatic rings. The molecular formula is C12H14BrNO4. The van der Waals surface area contributed by atoms with Crippen molar-refractivity contribution in [2.24, 2.45) is 0 Å². The second kappa shape index (κ2) is 6.51. The number of carbonyl (C=O) groups excluding carboxylic acids is 1. The fourth-order valence-corrected chi connectivity index (χ4v) is 1.82. The van der Waals surface area contributed by atoms with Gasteiger partial charge in [-0.25, -0.2) is 4.79 Å². The molecule has 0 aliphatic rings. The lowest BCUT2D eigenvalue weighted by Crippen LogP contribution is -2.41. The predicted molar refractivity (Wildman–Crippen MR) is 69.5 cm³/mol. The first-order valence-corrected chi connectivity index (χ1v) is 6.15. The van der Waals surface area contributed by atoms with Crippen LogP contribution in [0.1, 0.15) is 22.3 Å². The Hall–Kier alpha value is -1.40. The van der Waals surface area contributed by atoms with Gasteiger partial charge in [0.25, 0.3) is 5.91 Å². The van der Waals surface area contributed by atoms with Gasteiger partial charge >= 0.3 is 5.97 Å². The second-order valence-electron chi connectivity index (χ2n) is 3.84. The lowest BCUT2D eigenvalue weighted by molar-refractivity contribution is -0.139. The van der Waals surface area contributed by atoms with Gasteiger partial charge in [-0.2, -0.15) is 0 Å². The molecule has 3 N–H and O–H groups in total. The topological polar surface area (TPSA) is 86.6 Å². The van der Waals surface area contributed by atoms with Crippen molar-refractivity contribution >= 4 is 27.8 Å². The zero-order chi connectivity index (χ0) is 13.7. The fourth-order valence-electron chi connectivity index (χ4n) is 1.46. The molecule has 1 atom stereocenters. The van der Waals surface area contributed by atoms with Gasteiger partial charge in [-0.15, -0.1) is 0 Å². The van der Waals surface area contributed by atoms with Gasteiger partial charge in [-0.1, -0.05) is 22.0 Å². The van der Waals surface area contributed by atoms with Crippen LogP contribution in [0.15, 0.2) is 22.7 Å². The summed E-state index contributed by atoms with van der Waals surface area (Å²) < 4.78 is 0.743. The second-order valence-corrected chi connectivity index (χ2v) is 4.75. The number of amides is 1. The normalized spacial score (nSPS) is 11.9. The summed E-state index contributed by atoms with van der Waals surface area (Å²) in [4.78, 5) is 22.8. The third-order valence-electron chi connectivity index (χ3n) is 2.47. The molecule has 0 spiro atoms. The van der Waals surface area contributed by atoms with Crippen LogP contribution in [0.4, 0.5) is 0 Å². The first kappa shape index (κ1) is 14.7. The summed E-state index contributed by atoms with van der Waals surface area (Å²) in [7, 11) is 0. The van der Waals surface area contributed by atoms with E-state index >= 15 is 0 Å². The minimum Gasteiger partial charge on any atom is -0.480 e. The Kier molecular flexibility index (Phi) is 5.30. The molecule has 0 radical (unpaired) electrons. The van der Waals surface area contributed by atoms with Crippen molar-refractivity contribution < 1.29 is 19.8 Å². The standard InChI is InChI=1S/C12H14BrNO4/c1-7-2-3-8(13)6-9(7)11(16)14-10(4-5-15)12(17)18/h2-3,6,10,15H,4-5H2,1H3,(H,14,16)(H,17,18)/t10-/m0/s1. The van der Waals surface area contributed by atoms with Crippen LogP contribution >= 0.6 is 15.9 Å². The largest absolute Gasteiger partial charge is 0.480 e. The van der Waals surface area contributed by atoms with Crippen LogP contribution in [0, 0.1) is 6.92 Å². The first-order valence-electron chi connectivity index (χ1n) is 5.36. The molecule has 0 aliphatic heterocycles. The number of aliphatic carboxylic acids is 1. The van der Waals surface area contributed by atoms with Gasteiger partial charge in [-0.3, -0.25) is 4.79 Å². The Morgan fingerprint density at radius 1 is 1.44 bits per heavy atom. The molecule has 0 saturated carbocycles. The van der Waals surface area contributed by atoms with E-state index in [0.717, 1.165) is 10.0 Å². The number of aliphatic hydroxyl groups excluding tert-OH is 1. The molecule has 18 heavy (non-hydrogen) atoms. The number of benzene rings is 1. The summed E-state index contributed by atoms with van der Waals surface area (Å²) in [5.74, 6) is -1.63. The van der Waals surface area contributed by atoms with Gasteiger partial charge in [0.05, 0.1) is 0 Å². The molecule has 0 aromatic heterocycles. The zero-order valence-electron chi connectivity index (χ0n) is 9.81. The third kappa shape index (κ3) is 3.82. The summed E-state index contributed by atoms with van der Waals surface area (Å²) in [5, 5.41) is 20.0. The van der Waals surface area contributed by atoms with Crippen LogP contribution in [0.2, 0.25) is 0 Å². The number of carbonyl (C=O) groups is 2. The molecule has 5 nitrogen and oxygen atoms in total. The van der Waals surface area contributed by atoms with E-state index in [4.69, 9.17) is 10.2 Å². The Labute approximate surface area is 113 Å². The van der Waals surface area contributed by atoms with E-state index in [-0.39, 0.29) is 13.0 Å². The van der Waals surface area contributed by atoms with Gasteiger partial charge in [-0.05, 0) is 24.6 Å². The molecule has 0 bridgehead atoms. The van der Waals surface area contributed by atoms with Crippen LogP contribution < -0.4 is 5.32 Å². The maximum atomic E-state index is 11.9. The number of hydrogen-bond donors (Lipinski definition) is 3. The van der Waals surface area contributed by atoms with Gasteiger partial charge in [0.2, 0.25) is 0 Å². The minimum absolute atomic E-state index is 0.0197. The van der Waals surface area contributed by atoms with E-state index in [1.54, 1.807) is 25.1 Å². The SMILES string of the molecule is Cc1ccc(Br)cc1C(=O)N[C@@H](CCO)C(=O)O. The lowest BCUT2D eigenvalue weighted by atomic mass is 10.1. The number of nitrogens with one attached hydrogen (secondary N) is 1. The Morgan fingerprint density at radius 2 is 2.11 bits per heavy atom. The van der Waals surface area contributed by atoms with Crippen molar-refractivity contribution in [2.75, 3.05) is 6.61 Å². The highest BCUT2D eigenvalue weighted by molar-refractivity contribution is 9.10. The molecular weight excluding hydrogens is 302 g/mol. The van der Waals surface area contributed by atoms with Crippen LogP contribution in [-0.4, -0.2) is 34.7 Å². The molecule has 1 rings (SSSR count). The number of rotatable bonds is 5. The maximum Gasteiger partial charge on any atom is 0.326 e. The first-order chi connectivity index (χ1) is 8.45. The number of carboxylic acids is 1. The Bertz CT molecular complexity index is 461. The molecule has 0 saturated heterocycles. The van der Waals surface area contributed by atoms with Crippen LogP contribution in [0.5, 0.6) is 0 Å². The number of halogens is 1. The van der Waals surface area contributed by atoms with Crippen molar-refractivity contribution in [2.45, 2.75) is 19.4 Å². The monoisotopic (exact) mass is 315 g/mol. The number of hydrogen-bond acceptors (Lipinski definition) is 3. The lowest BCUT2D eigenvalue weighted by Gasteiger charge is -2.14. The molecule has 1 aromatic carbocycles. The van der Waals surface area contributed by atoms with Crippen molar-refractivity contribution in [3.05, 3.63) is 33.8 Å². The number of carboxylic acid groups (broad SMARTS) is 1. The predicted octanol–water partition coefficient (Wildman–Crippen LogP) is 1.32. The van der Waals surface area contributed by atoms with Gasteiger partial charge in [0, 0.05) is 23.1 Å². The summed E-state index contributed by atoms with van der Waals surface area (Å²) >= 11 is 3.25. The summed E-state index contributed by atoms with van der Waals surface area (Å²) in [6.07, 6.45) is -0.0197. The van der Waals surface area contributed by atoms with Crippen molar-refractivity contribution in [3.63, 3.8) is 0 Å². The maximum absolute atomic E-state index is 11.9. The zero-order valence-corrected chi connectivity index (χ0v) is 11.4. The highest BCUT2D eigenvalue weighted by Gasteiger charge is 2.20. The van der Waals surface area contributed by atoms with Crippen molar-refractivity contribution in [3.8, 4) is 0 Å². The molecule has 98 valence electrons. The van der Waals surface area contributed by atoms with Crippen LogP contribution in [-0.2, 0) is 4.79 Å². The number of aryl methyl sites for hydroxylation is 1. The summed E-state index contributed by atoms with van der Waals surface area (Å²) in [5.41, 5.74) is 1.16. The molecule has 1 amide bonds. The Morgan fingerprint density at radius 3 is 2.67 bits per heavy atom. The average molecular weight is 316 g/mol. The smallest absolute Gasteiger partial charge is 0.326 e. The van der Waals surface area contributed by atoms with E-state index in [0.29, 0.717) is 5.56 Å². The van der Waals surface area contributed by atoms with Gasteiger partial charge in [0.1, 0.15) is 6.04 Å². The third-order valence-corrected chi connectivity index (χ3v) is 2.96. The molecule has 0 fully saturated rings. The van der Waals surface area contributed by atoms with E-state index in [1.165, 1.54) is 0 Å². The van der Waals surface area contributed by atoms with E-state index < -0.39 is 17.9 Å². The summed E-state index contributed by atoms with van der Waals surface area (Å²) in [6, 6.07) is 4.11. The Balaban J connectivity index is 2.86. The van der Waals surface area contributed by atoms with E-state index in [9.17, 15) is 9.59 Å². The minimum atomic E-state index is -1.16. The van der Waals surface area contributed by atoms with E-state index in [1.807, 2.05) is 0 Å². The van der Waals surface area contributed by atoms with Crippen molar-refractivity contribution in [1.29, 1.82) is 0 Å². The van der Waals surface area contributed by atoms with Gasteiger partial charge in [0.15, 0.2) is 0 Å². The number of aliphatic hydroxyl groups is 1. The van der Waals surface area contributed by atoms with Gasteiger partial charge < -0.3 is 15.5 Å². The highest BCUT2D eigenvalue weighted by atomic mass is 79.9. The molecule has 0 unspecified atom stereocenters. The quantitative estimate of drug-likeness (QED) is 0.765. The average Bonchev–Trinajstić information content (AvgIpc) is 2.31. The van der Waals surface area contributed by atoms with Crippen LogP contribution in [0.25, 0.3) is 0 Å².